The van der Waals surface area contributed by atoms with Crippen molar-refractivity contribution in [2.45, 2.75) is 25.9 Å². The van der Waals surface area contributed by atoms with Crippen molar-refractivity contribution in [2.24, 2.45) is 10.9 Å². The van der Waals surface area contributed by atoms with Crippen molar-refractivity contribution in [1.29, 1.82) is 0 Å². The molecule has 4 rings (SSSR count). The van der Waals surface area contributed by atoms with Gasteiger partial charge in [0.2, 0.25) is 0 Å². The van der Waals surface area contributed by atoms with E-state index in [-0.39, 0.29) is 24.0 Å². The Bertz CT molecular complexity index is 926. The molecule has 0 spiro atoms. The van der Waals surface area contributed by atoms with Crippen LogP contribution in [0.4, 0.5) is 0 Å². The molecule has 2 aromatic carbocycles. The lowest BCUT2D eigenvalue weighted by Crippen LogP contribution is -2.39. The summed E-state index contributed by atoms with van der Waals surface area (Å²) in [5.41, 5.74) is 3.88. The summed E-state index contributed by atoms with van der Waals surface area (Å²) in [5.74, 6) is 1.67. The maximum Gasteiger partial charge on any atom is 0.193 e. The van der Waals surface area contributed by atoms with Gasteiger partial charge in [0.05, 0.1) is 6.54 Å². The summed E-state index contributed by atoms with van der Waals surface area (Å²) in [7, 11) is 1.87. The van der Waals surface area contributed by atoms with Crippen LogP contribution in [0, 0.1) is 5.92 Å². The summed E-state index contributed by atoms with van der Waals surface area (Å²) in [5, 5.41) is 7.72. The minimum absolute atomic E-state index is 0. The molecule has 6 nitrogen and oxygen atoms in total. The summed E-state index contributed by atoms with van der Waals surface area (Å²) < 4.78 is 1.84. The standard InChI is InChI=1S/C23H28N6.HI/c1-24-23(28-11-10-22(15-28)12-19-6-3-2-4-7-19)26-14-20-8-5-9-21(13-20)16-29-18-25-17-27-29;/h2-9,13,17-18,22H,10-12,14-16H2,1H3,(H,24,26);1H. The van der Waals surface area contributed by atoms with Gasteiger partial charge in [-0.05, 0) is 35.4 Å². The maximum atomic E-state index is 4.52. The van der Waals surface area contributed by atoms with Gasteiger partial charge in [0, 0.05) is 26.7 Å². The average molecular weight is 516 g/mol. The zero-order chi connectivity index (χ0) is 19.9. The van der Waals surface area contributed by atoms with Crippen LogP contribution in [0.3, 0.4) is 0 Å². The van der Waals surface area contributed by atoms with E-state index in [2.05, 4.69) is 79.9 Å². The number of aromatic nitrogens is 3. The van der Waals surface area contributed by atoms with Crippen LogP contribution in [-0.4, -0.2) is 45.8 Å². The fraction of sp³-hybridized carbons (Fsp3) is 0.348. The first-order chi connectivity index (χ1) is 14.3. The van der Waals surface area contributed by atoms with Gasteiger partial charge in [0.25, 0.3) is 0 Å². The first kappa shape index (κ1) is 22.3. The number of benzene rings is 2. The van der Waals surface area contributed by atoms with Gasteiger partial charge >= 0.3 is 0 Å². The van der Waals surface area contributed by atoms with Crippen molar-refractivity contribution >= 4 is 29.9 Å². The number of hydrogen-bond donors (Lipinski definition) is 1. The summed E-state index contributed by atoms with van der Waals surface area (Å²) >= 11 is 0. The Labute approximate surface area is 195 Å². The molecule has 1 N–H and O–H groups in total. The fourth-order valence-corrected chi connectivity index (χ4v) is 3.99. The number of hydrogen-bond acceptors (Lipinski definition) is 3. The second-order valence-corrected chi connectivity index (χ2v) is 7.60. The van der Waals surface area contributed by atoms with Crippen LogP contribution in [0.15, 0.2) is 72.2 Å². The van der Waals surface area contributed by atoms with E-state index in [1.807, 2.05) is 11.7 Å². The molecule has 0 radical (unpaired) electrons. The molecule has 158 valence electrons. The van der Waals surface area contributed by atoms with E-state index in [0.29, 0.717) is 5.92 Å². The van der Waals surface area contributed by atoms with Gasteiger partial charge in [-0.15, -0.1) is 24.0 Å². The molecular formula is C23H29IN6. The molecule has 3 aromatic rings. The highest BCUT2D eigenvalue weighted by Crippen LogP contribution is 2.21. The molecule has 1 unspecified atom stereocenters. The van der Waals surface area contributed by atoms with Crippen LogP contribution in [-0.2, 0) is 19.5 Å². The third kappa shape index (κ3) is 6.04. The molecule has 0 amide bonds. The molecule has 2 heterocycles. The van der Waals surface area contributed by atoms with E-state index in [1.54, 1.807) is 12.7 Å². The number of likely N-dealkylation sites (tertiary alicyclic amines) is 1. The van der Waals surface area contributed by atoms with E-state index in [4.69, 9.17) is 0 Å². The van der Waals surface area contributed by atoms with Crippen LogP contribution >= 0.6 is 24.0 Å². The highest BCUT2D eigenvalue weighted by atomic mass is 127. The smallest absolute Gasteiger partial charge is 0.193 e. The van der Waals surface area contributed by atoms with Gasteiger partial charge in [-0.25, -0.2) is 9.67 Å². The summed E-state index contributed by atoms with van der Waals surface area (Å²) in [6, 6.07) is 19.4. The molecule has 7 heteroatoms. The summed E-state index contributed by atoms with van der Waals surface area (Å²) in [4.78, 5) is 10.9. The second kappa shape index (κ2) is 11.1. The lowest BCUT2D eigenvalue weighted by Gasteiger charge is -2.22. The van der Waals surface area contributed by atoms with Gasteiger partial charge < -0.3 is 10.2 Å². The van der Waals surface area contributed by atoms with E-state index in [0.717, 1.165) is 38.6 Å². The first-order valence-electron chi connectivity index (χ1n) is 10.2. The molecule has 1 saturated heterocycles. The SMILES string of the molecule is CN=C(NCc1cccc(Cn2cncn2)c1)N1CCC(Cc2ccccc2)C1.I. The Morgan fingerprint density at radius 3 is 2.67 bits per heavy atom. The minimum Gasteiger partial charge on any atom is -0.352 e. The predicted octanol–water partition coefficient (Wildman–Crippen LogP) is 3.58. The van der Waals surface area contributed by atoms with Crippen LogP contribution in [0.5, 0.6) is 0 Å². The monoisotopic (exact) mass is 516 g/mol. The third-order valence-corrected chi connectivity index (χ3v) is 5.42. The first-order valence-corrected chi connectivity index (χ1v) is 10.2. The van der Waals surface area contributed by atoms with Crippen molar-refractivity contribution in [2.75, 3.05) is 20.1 Å². The Balaban J connectivity index is 0.00000256. The molecule has 0 aliphatic carbocycles. The molecule has 1 atom stereocenters. The van der Waals surface area contributed by atoms with E-state index in [1.165, 1.54) is 23.1 Å². The highest BCUT2D eigenvalue weighted by molar-refractivity contribution is 14.0. The zero-order valence-corrected chi connectivity index (χ0v) is 19.6. The highest BCUT2D eigenvalue weighted by Gasteiger charge is 2.24. The third-order valence-electron chi connectivity index (χ3n) is 5.42. The number of halogens is 1. The van der Waals surface area contributed by atoms with Gasteiger partial charge in [0.1, 0.15) is 12.7 Å². The lowest BCUT2D eigenvalue weighted by atomic mass is 9.99. The Hall–Kier alpha value is -2.42. The van der Waals surface area contributed by atoms with E-state index >= 15 is 0 Å². The Morgan fingerprint density at radius 1 is 1.10 bits per heavy atom. The number of guanidine groups is 1. The zero-order valence-electron chi connectivity index (χ0n) is 17.3. The lowest BCUT2D eigenvalue weighted by molar-refractivity contribution is 0.460. The van der Waals surface area contributed by atoms with Crippen molar-refractivity contribution in [3.63, 3.8) is 0 Å². The number of nitrogens with one attached hydrogen (secondary N) is 1. The molecule has 30 heavy (non-hydrogen) atoms. The molecule has 1 aromatic heterocycles. The normalized spacial score (nSPS) is 16.4. The largest absolute Gasteiger partial charge is 0.352 e. The van der Waals surface area contributed by atoms with Gasteiger partial charge in [0.15, 0.2) is 5.96 Å². The fourth-order valence-electron chi connectivity index (χ4n) is 3.99. The van der Waals surface area contributed by atoms with Gasteiger partial charge in [-0.3, -0.25) is 4.99 Å². The van der Waals surface area contributed by atoms with Crippen LogP contribution in [0.25, 0.3) is 0 Å². The van der Waals surface area contributed by atoms with Crippen LogP contribution in [0.2, 0.25) is 0 Å². The molecule has 1 fully saturated rings. The topological polar surface area (TPSA) is 58.3 Å². The van der Waals surface area contributed by atoms with E-state index in [9.17, 15) is 0 Å². The minimum atomic E-state index is 0. The summed E-state index contributed by atoms with van der Waals surface area (Å²) in [6.45, 7) is 3.61. The number of nitrogens with zero attached hydrogens (tertiary/aromatic N) is 5. The Morgan fingerprint density at radius 2 is 1.90 bits per heavy atom. The van der Waals surface area contributed by atoms with Crippen LogP contribution < -0.4 is 5.32 Å². The molecule has 1 aliphatic heterocycles. The number of aliphatic imine (C=N–C) groups is 1. The molecule has 0 bridgehead atoms. The number of rotatable bonds is 6. The Kier molecular flexibility index (Phi) is 8.24. The van der Waals surface area contributed by atoms with Crippen molar-refractivity contribution in [3.05, 3.63) is 83.9 Å². The second-order valence-electron chi connectivity index (χ2n) is 7.60. The predicted molar refractivity (Wildman–Crippen MR) is 131 cm³/mol. The quantitative estimate of drug-likeness (QED) is 0.309. The summed E-state index contributed by atoms with van der Waals surface area (Å²) in [6.07, 6.45) is 5.66. The molecular weight excluding hydrogens is 487 g/mol. The van der Waals surface area contributed by atoms with Gasteiger partial charge in [-0.2, -0.15) is 5.10 Å². The molecule has 1 aliphatic rings. The van der Waals surface area contributed by atoms with Crippen molar-refractivity contribution in [1.82, 2.24) is 25.0 Å². The molecule has 0 saturated carbocycles. The van der Waals surface area contributed by atoms with Gasteiger partial charge in [-0.1, -0.05) is 54.6 Å². The van der Waals surface area contributed by atoms with Crippen LogP contribution in [0.1, 0.15) is 23.1 Å². The van der Waals surface area contributed by atoms with Crippen molar-refractivity contribution < 1.29 is 0 Å². The van der Waals surface area contributed by atoms with Crippen molar-refractivity contribution in [3.8, 4) is 0 Å². The maximum absolute atomic E-state index is 4.52. The average Bonchev–Trinajstić information content (AvgIpc) is 3.42. The van der Waals surface area contributed by atoms with E-state index < -0.39 is 0 Å².